The summed E-state index contributed by atoms with van der Waals surface area (Å²) in [5.41, 5.74) is 3.42. The van der Waals surface area contributed by atoms with Crippen LogP contribution in [0.1, 0.15) is 48.5 Å². The van der Waals surface area contributed by atoms with E-state index in [1.165, 1.54) is 17.0 Å². The molecule has 4 aromatic rings. The molecule has 0 radical (unpaired) electrons. The molecule has 0 amide bonds. The van der Waals surface area contributed by atoms with Crippen LogP contribution in [0.4, 0.5) is 4.39 Å². The zero-order valence-corrected chi connectivity index (χ0v) is 24.6. The highest BCUT2D eigenvalue weighted by atomic mass is 35.5. The normalized spacial score (nSPS) is 21.4. The fraction of sp³-hybridized carbons (Fsp3) is 0.353. The molecule has 1 aromatic heterocycles. The highest BCUT2D eigenvalue weighted by molar-refractivity contribution is 6.31. The number of aromatic amines is 1. The monoisotopic (exact) mass is 589 g/mol. The topological polar surface area (TPSA) is 72.8 Å². The van der Waals surface area contributed by atoms with Crippen molar-refractivity contribution < 1.29 is 23.6 Å². The number of pyridine rings is 1. The number of ketones is 1. The van der Waals surface area contributed by atoms with Gasteiger partial charge in [0.15, 0.2) is 11.2 Å². The maximum Gasteiger partial charge on any atom is 0.200 e. The van der Waals surface area contributed by atoms with Gasteiger partial charge in [0.05, 0.1) is 42.9 Å². The van der Waals surface area contributed by atoms with E-state index in [4.69, 9.17) is 21.1 Å². The lowest BCUT2D eigenvalue weighted by atomic mass is 9.87. The van der Waals surface area contributed by atoms with Crippen molar-refractivity contribution in [1.29, 1.82) is 0 Å². The van der Waals surface area contributed by atoms with Crippen molar-refractivity contribution in [2.75, 3.05) is 20.3 Å². The van der Waals surface area contributed by atoms with Crippen LogP contribution < -0.4 is 19.8 Å². The van der Waals surface area contributed by atoms with Crippen LogP contribution >= 0.6 is 11.6 Å². The molecule has 4 atom stereocenters. The van der Waals surface area contributed by atoms with Crippen LogP contribution in [0.25, 0.3) is 22.0 Å². The van der Waals surface area contributed by atoms with Gasteiger partial charge in [-0.25, -0.2) is 4.39 Å². The van der Waals surface area contributed by atoms with Gasteiger partial charge in [0.2, 0.25) is 0 Å². The maximum absolute atomic E-state index is 13.6. The van der Waals surface area contributed by atoms with Gasteiger partial charge in [0, 0.05) is 40.9 Å². The lowest BCUT2D eigenvalue weighted by molar-refractivity contribution is -0.927. The molecule has 0 bridgehead atoms. The fourth-order valence-corrected chi connectivity index (χ4v) is 7.37. The Morgan fingerprint density at radius 3 is 2.62 bits per heavy atom. The number of carbonyl (C=O) groups excluding carboxylic acids is 1. The number of benzene rings is 3. The molecule has 1 aliphatic heterocycles. The van der Waals surface area contributed by atoms with Gasteiger partial charge >= 0.3 is 0 Å². The zero-order valence-electron chi connectivity index (χ0n) is 23.8. The average Bonchev–Trinajstić information content (AvgIpc) is 3.56. The minimum absolute atomic E-state index is 0.0883. The number of fused-ring (bicyclic) bond motifs is 2. The zero-order chi connectivity index (χ0) is 29.4. The number of hydrogen-bond acceptors (Lipinski definition) is 4. The Morgan fingerprint density at radius 1 is 1.07 bits per heavy atom. The molecule has 42 heavy (non-hydrogen) atoms. The molecule has 6 nitrogen and oxygen atoms in total. The predicted molar refractivity (Wildman–Crippen MR) is 162 cm³/mol. The van der Waals surface area contributed by atoms with E-state index >= 15 is 0 Å². The second-order valence-corrected chi connectivity index (χ2v) is 11.9. The van der Waals surface area contributed by atoms with Crippen molar-refractivity contribution in [2.45, 2.75) is 45.2 Å². The lowest BCUT2D eigenvalue weighted by Crippen LogP contribution is -3.12. The number of halogens is 2. The van der Waals surface area contributed by atoms with Crippen LogP contribution in [0.5, 0.6) is 11.5 Å². The van der Waals surface area contributed by atoms with Crippen molar-refractivity contribution in [3.05, 3.63) is 93.0 Å². The molecule has 2 fully saturated rings. The molecule has 8 heteroatoms. The molecule has 2 N–H and O–H groups in total. The summed E-state index contributed by atoms with van der Waals surface area (Å²) < 4.78 is 25.4. The smallest absolute Gasteiger partial charge is 0.200 e. The van der Waals surface area contributed by atoms with Crippen LogP contribution in [0, 0.1) is 17.7 Å². The SMILES string of the molecule is CCOc1cc(C[NH+]2CC[C@H]3C(CC(=O)c4c[nH]c5cc(Cl)ccc5c4=O)CC[C@H]32)cc(OC)c1-c1ccc(F)cc1. The van der Waals surface area contributed by atoms with Gasteiger partial charge in [0.1, 0.15) is 23.9 Å². The number of aromatic nitrogens is 1. The summed E-state index contributed by atoms with van der Waals surface area (Å²) >= 11 is 6.06. The molecule has 2 unspecified atom stereocenters. The molecule has 1 saturated heterocycles. The van der Waals surface area contributed by atoms with Gasteiger partial charge in [-0.2, -0.15) is 0 Å². The molecule has 1 saturated carbocycles. The molecule has 2 aliphatic rings. The van der Waals surface area contributed by atoms with E-state index in [0.717, 1.165) is 54.8 Å². The first-order valence-electron chi connectivity index (χ1n) is 14.6. The van der Waals surface area contributed by atoms with E-state index in [2.05, 4.69) is 17.1 Å². The molecular formula is C34H35ClFN2O4+. The van der Waals surface area contributed by atoms with E-state index in [-0.39, 0.29) is 28.5 Å². The second kappa shape index (κ2) is 11.9. The second-order valence-electron chi connectivity index (χ2n) is 11.4. The molecule has 2 heterocycles. The van der Waals surface area contributed by atoms with Crippen LogP contribution in [-0.2, 0) is 6.54 Å². The van der Waals surface area contributed by atoms with Gasteiger partial charge in [-0.3, -0.25) is 9.59 Å². The van der Waals surface area contributed by atoms with Crippen molar-refractivity contribution >= 4 is 28.3 Å². The highest BCUT2D eigenvalue weighted by Crippen LogP contribution is 2.41. The number of nitrogens with one attached hydrogen (secondary N) is 2. The summed E-state index contributed by atoms with van der Waals surface area (Å²) in [5.74, 6) is 1.78. The summed E-state index contributed by atoms with van der Waals surface area (Å²) in [5, 5.41) is 1.03. The molecule has 6 rings (SSSR count). The Labute approximate surface area is 249 Å². The number of methoxy groups -OCH3 is 1. The maximum atomic E-state index is 13.6. The Kier molecular flexibility index (Phi) is 8.06. The van der Waals surface area contributed by atoms with Gasteiger partial charge < -0.3 is 19.4 Å². The molecule has 218 valence electrons. The number of ether oxygens (including phenoxy) is 2. The first kappa shape index (κ1) is 28.4. The Balaban J connectivity index is 1.18. The minimum atomic E-state index is -0.287. The molecule has 1 aliphatic carbocycles. The first-order valence-corrected chi connectivity index (χ1v) is 15.0. The first-order chi connectivity index (χ1) is 20.4. The standard InChI is InChI=1S/C34H34ClFN2O4/c1-3-42-32-15-20(14-31(41-2)33(32)21-4-8-24(36)9-5-21)19-38-13-12-25-22(6-11-29(25)38)16-30(39)27-18-37-28-17-23(35)7-10-26(28)34(27)40/h4-5,7-10,14-15,17-18,22,25,29H,3,6,11-13,16,19H2,1-2H3,(H,37,40)/p+1/t22?,25-,29+/m0/s1. The van der Waals surface area contributed by atoms with Crippen molar-refractivity contribution in [3.63, 3.8) is 0 Å². The van der Waals surface area contributed by atoms with E-state index < -0.39 is 0 Å². The molecule has 3 aromatic carbocycles. The summed E-state index contributed by atoms with van der Waals surface area (Å²) in [6.07, 6.45) is 5.05. The largest absolute Gasteiger partial charge is 0.496 e. The summed E-state index contributed by atoms with van der Waals surface area (Å²) in [7, 11) is 1.65. The van der Waals surface area contributed by atoms with Gasteiger partial charge in [-0.15, -0.1) is 0 Å². The third-order valence-electron chi connectivity index (χ3n) is 9.09. The number of rotatable bonds is 9. The highest BCUT2D eigenvalue weighted by Gasteiger charge is 2.47. The number of hydrogen-bond donors (Lipinski definition) is 2. The number of carbonyl (C=O) groups is 1. The molecular weight excluding hydrogens is 555 g/mol. The van der Waals surface area contributed by atoms with E-state index in [0.29, 0.717) is 46.7 Å². The Bertz CT molecular complexity index is 1690. The summed E-state index contributed by atoms with van der Waals surface area (Å²) in [6, 6.07) is 16.0. The van der Waals surface area contributed by atoms with Crippen molar-refractivity contribution in [2.24, 2.45) is 11.8 Å². The number of quaternary nitrogens is 1. The van der Waals surface area contributed by atoms with Crippen molar-refractivity contribution in [1.82, 2.24) is 4.98 Å². The summed E-state index contributed by atoms with van der Waals surface area (Å²) in [4.78, 5) is 31.0. The lowest BCUT2D eigenvalue weighted by Gasteiger charge is -2.23. The average molecular weight is 590 g/mol. The number of likely N-dealkylation sites (tertiary alicyclic amines) is 1. The minimum Gasteiger partial charge on any atom is -0.496 e. The van der Waals surface area contributed by atoms with Gasteiger partial charge in [0.25, 0.3) is 0 Å². The Morgan fingerprint density at radius 2 is 1.86 bits per heavy atom. The van der Waals surface area contributed by atoms with Crippen LogP contribution in [0.2, 0.25) is 5.02 Å². The van der Waals surface area contributed by atoms with E-state index in [1.54, 1.807) is 43.6 Å². The van der Waals surface area contributed by atoms with Gasteiger partial charge in [-0.05, 0) is 73.7 Å². The Hall–Kier alpha value is -3.68. The number of Topliss-reactive ketones (excluding diaryl/α,β-unsaturated/α-hetero) is 1. The quantitative estimate of drug-likeness (QED) is 0.240. The number of H-pyrrole nitrogens is 1. The van der Waals surface area contributed by atoms with Crippen LogP contribution in [-0.4, -0.2) is 37.1 Å². The third-order valence-corrected chi connectivity index (χ3v) is 9.33. The third kappa shape index (κ3) is 5.43. The van der Waals surface area contributed by atoms with Gasteiger partial charge in [-0.1, -0.05) is 23.7 Å². The molecule has 0 spiro atoms. The van der Waals surface area contributed by atoms with E-state index in [9.17, 15) is 14.0 Å². The van der Waals surface area contributed by atoms with Crippen LogP contribution in [0.3, 0.4) is 0 Å². The summed E-state index contributed by atoms with van der Waals surface area (Å²) in [6.45, 7) is 4.31. The predicted octanol–water partition coefficient (Wildman–Crippen LogP) is 5.85. The van der Waals surface area contributed by atoms with Crippen molar-refractivity contribution in [3.8, 4) is 22.6 Å². The van der Waals surface area contributed by atoms with Crippen LogP contribution in [0.15, 0.2) is 65.6 Å². The van der Waals surface area contributed by atoms with E-state index in [1.807, 2.05) is 6.92 Å². The fourth-order valence-electron chi connectivity index (χ4n) is 7.19.